The van der Waals surface area contributed by atoms with Crippen molar-refractivity contribution in [3.8, 4) is 5.69 Å². The number of para-hydroxylation sites is 1. The van der Waals surface area contributed by atoms with E-state index < -0.39 is 0 Å². The zero-order valence-corrected chi connectivity index (χ0v) is 17.1. The molecule has 3 heteroatoms. The molecule has 2 aromatic carbocycles. The Morgan fingerprint density at radius 2 is 1.71 bits per heavy atom. The lowest BCUT2D eigenvalue weighted by Gasteiger charge is -2.15. The maximum absolute atomic E-state index is 5.02. The quantitative estimate of drug-likeness (QED) is 0.462. The summed E-state index contributed by atoms with van der Waals surface area (Å²) < 4.78 is 2.37. The van der Waals surface area contributed by atoms with Crippen LogP contribution in [0.15, 0.2) is 42.5 Å². The number of anilines is 1. The Hall–Kier alpha value is -2.81. The number of hydrogen-bond donors (Lipinski definition) is 1. The van der Waals surface area contributed by atoms with Gasteiger partial charge >= 0.3 is 0 Å². The fourth-order valence-electron chi connectivity index (χ4n) is 4.55. The molecule has 1 aliphatic carbocycles. The van der Waals surface area contributed by atoms with E-state index in [9.17, 15) is 0 Å². The van der Waals surface area contributed by atoms with Gasteiger partial charge in [0.1, 0.15) is 5.65 Å². The summed E-state index contributed by atoms with van der Waals surface area (Å²) in [6.07, 6.45) is 2.70. The van der Waals surface area contributed by atoms with Crippen LogP contribution in [0.3, 0.4) is 0 Å². The van der Waals surface area contributed by atoms with Crippen LogP contribution >= 0.6 is 0 Å². The molecule has 1 aliphatic rings. The first-order valence-electron chi connectivity index (χ1n) is 10.3. The number of fused-ring (bicyclic) bond motifs is 3. The first-order valence-corrected chi connectivity index (χ1v) is 10.3. The van der Waals surface area contributed by atoms with Crippen LogP contribution in [0.25, 0.3) is 27.6 Å². The first kappa shape index (κ1) is 17.3. The van der Waals surface area contributed by atoms with Gasteiger partial charge in [0, 0.05) is 23.3 Å². The minimum Gasteiger partial charge on any atom is -0.384 e. The molecule has 0 bridgehead atoms. The summed E-state index contributed by atoms with van der Waals surface area (Å²) in [6.45, 7) is 9.73. The van der Waals surface area contributed by atoms with E-state index >= 15 is 0 Å². The standard InChI is InChI=1S/C25H27N3/c1-15-11-16(2)24(17(3)12-15)28-22-8-6-5-7-20(22)23-21(26-14-19-9-10-19)13-18(4)27-25(23)28/h5-8,11-13,19H,9-10,14H2,1-4H3,(H,26,27). The van der Waals surface area contributed by atoms with Gasteiger partial charge in [0.05, 0.1) is 16.6 Å². The number of aryl methyl sites for hydroxylation is 4. The Labute approximate surface area is 166 Å². The van der Waals surface area contributed by atoms with Crippen molar-refractivity contribution in [1.29, 1.82) is 0 Å². The van der Waals surface area contributed by atoms with Gasteiger partial charge in [0.2, 0.25) is 0 Å². The van der Waals surface area contributed by atoms with Crippen molar-refractivity contribution < 1.29 is 0 Å². The molecule has 28 heavy (non-hydrogen) atoms. The summed E-state index contributed by atoms with van der Waals surface area (Å²) >= 11 is 0. The van der Waals surface area contributed by atoms with Crippen molar-refractivity contribution in [1.82, 2.24) is 9.55 Å². The van der Waals surface area contributed by atoms with Gasteiger partial charge in [-0.05, 0) is 69.7 Å². The smallest absolute Gasteiger partial charge is 0.147 e. The largest absolute Gasteiger partial charge is 0.384 e. The number of nitrogens with zero attached hydrogens (tertiary/aromatic N) is 2. The van der Waals surface area contributed by atoms with Gasteiger partial charge in [-0.3, -0.25) is 4.57 Å². The average Bonchev–Trinajstić information content (AvgIpc) is 3.42. The zero-order chi connectivity index (χ0) is 19.4. The molecule has 0 spiro atoms. The summed E-state index contributed by atoms with van der Waals surface area (Å²) in [6, 6.07) is 15.4. The van der Waals surface area contributed by atoms with Crippen molar-refractivity contribution in [2.75, 3.05) is 11.9 Å². The fourth-order valence-corrected chi connectivity index (χ4v) is 4.55. The summed E-state index contributed by atoms with van der Waals surface area (Å²) in [5.41, 5.74) is 9.67. The molecule has 0 unspecified atom stereocenters. The Bertz CT molecular complexity index is 1190. The number of aromatic nitrogens is 2. The van der Waals surface area contributed by atoms with E-state index in [-0.39, 0.29) is 0 Å². The highest BCUT2D eigenvalue weighted by atomic mass is 15.1. The third kappa shape index (κ3) is 2.77. The van der Waals surface area contributed by atoms with E-state index in [1.54, 1.807) is 0 Å². The average molecular weight is 370 g/mol. The van der Waals surface area contributed by atoms with Crippen LogP contribution in [0, 0.1) is 33.6 Å². The van der Waals surface area contributed by atoms with Crippen molar-refractivity contribution >= 4 is 27.6 Å². The van der Waals surface area contributed by atoms with Crippen molar-refractivity contribution in [3.05, 3.63) is 64.8 Å². The Morgan fingerprint density at radius 3 is 2.43 bits per heavy atom. The van der Waals surface area contributed by atoms with Gasteiger partial charge in [-0.1, -0.05) is 35.9 Å². The number of nitrogens with one attached hydrogen (secondary N) is 1. The highest BCUT2D eigenvalue weighted by Crippen LogP contribution is 2.38. The summed E-state index contributed by atoms with van der Waals surface area (Å²) in [4.78, 5) is 5.02. The lowest BCUT2D eigenvalue weighted by atomic mass is 10.0. The lowest BCUT2D eigenvalue weighted by Crippen LogP contribution is -2.06. The molecule has 0 atom stereocenters. The van der Waals surface area contributed by atoms with E-state index in [0.717, 1.165) is 23.8 Å². The van der Waals surface area contributed by atoms with E-state index in [4.69, 9.17) is 4.98 Å². The van der Waals surface area contributed by atoms with Crippen LogP contribution in [0.5, 0.6) is 0 Å². The van der Waals surface area contributed by atoms with Crippen LogP contribution in [0.2, 0.25) is 0 Å². The second kappa shape index (κ2) is 6.37. The maximum Gasteiger partial charge on any atom is 0.147 e. The molecule has 2 aromatic heterocycles. The molecule has 0 amide bonds. The SMILES string of the molecule is Cc1cc(C)c(-n2c3ccccc3c3c(NCC4CC4)cc(C)nc32)c(C)c1. The minimum atomic E-state index is 0.832. The monoisotopic (exact) mass is 369 g/mol. The van der Waals surface area contributed by atoms with Crippen LogP contribution in [-0.2, 0) is 0 Å². The topological polar surface area (TPSA) is 29.9 Å². The molecule has 0 saturated heterocycles. The third-order valence-electron chi connectivity index (χ3n) is 5.89. The Morgan fingerprint density at radius 1 is 1.00 bits per heavy atom. The Balaban J connectivity index is 1.86. The molecule has 0 aliphatic heterocycles. The predicted molar refractivity (Wildman–Crippen MR) is 119 cm³/mol. The number of rotatable bonds is 4. The molecule has 142 valence electrons. The van der Waals surface area contributed by atoms with E-state index in [1.165, 1.54) is 57.2 Å². The Kier molecular flexibility index (Phi) is 3.94. The minimum absolute atomic E-state index is 0.832. The molecule has 3 nitrogen and oxygen atoms in total. The molecule has 5 rings (SSSR count). The van der Waals surface area contributed by atoms with Crippen molar-refractivity contribution in [2.45, 2.75) is 40.5 Å². The van der Waals surface area contributed by atoms with Gasteiger partial charge in [0.25, 0.3) is 0 Å². The van der Waals surface area contributed by atoms with E-state index in [2.05, 4.69) is 80.0 Å². The summed E-state index contributed by atoms with van der Waals surface area (Å²) in [5, 5.41) is 6.24. The lowest BCUT2D eigenvalue weighted by molar-refractivity contribution is 0.890. The molecule has 2 heterocycles. The van der Waals surface area contributed by atoms with Gasteiger partial charge in [-0.2, -0.15) is 0 Å². The molecular weight excluding hydrogens is 342 g/mol. The van der Waals surface area contributed by atoms with Crippen molar-refractivity contribution in [3.63, 3.8) is 0 Å². The molecular formula is C25H27N3. The third-order valence-corrected chi connectivity index (χ3v) is 5.89. The normalized spacial score (nSPS) is 14.1. The van der Waals surface area contributed by atoms with Crippen LogP contribution in [-0.4, -0.2) is 16.1 Å². The number of benzene rings is 2. The van der Waals surface area contributed by atoms with E-state index in [1.807, 2.05) is 0 Å². The van der Waals surface area contributed by atoms with Gasteiger partial charge < -0.3 is 5.32 Å². The highest BCUT2D eigenvalue weighted by Gasteiger charge is 2.23. The van der Waals surface area contributed by atoms with E-state index in [0.29, 0.717) is 0 Å². The fraction of sp³-hybridized carbons (Fsp3) is 0.320. The maximum atomic E-state index is 5.02. The summed E-state index contributed by atoms with van der Waals surface area (Å²) in [7, 11) is 0. The molecule has 1 saturated carbocycles. The number of hydrogen-bond acceptors (Lipinski definition) is 2. The van der Waals surface area contributed by atoms with Crippen molar-refractivity contribution in [2.24, 2.45) is 5.92 Å². The summed E-state index contributed by atoms with van der Waals surface area (Å²) in [5.74, 6) is 0.832. The second-order valence-electron chi connectivity index (χ2n) is 8.43. The number of pyridine rings is 1. The van der Waals surface area contributed by atoms with Crippen LogP contribution in [0.1, 0.15) is 35.2 Å². The van der Waals surface area contributed by atoms with Gasteiger partial charge in [0.15, 0.2) is 0 Å². The predicted octanol–water partition coefficient (Wildman–Crippen LogP) is 6.23. The molecule has 1 fully saturated rings. The second-order valence-corrected chi connectivity index (χ2v) is 8.43. The molecule has 0 radical (unpaired) electrons. The first-order chi connectivity index (χ1) is 13.5. The van der Waals surface area contributed by atoms with Gasteiger partial charge in [-0.15, -0.1) is 0 Å². The van der Waals surface area contributed by atoms with Crippen LogP contribution < -0.4 is 5.32 Å². The highest BCUT2D eigenvalue weighted by molar-refractivity contribution is 6.13. The molecule has 4 aromatic rings. The molecule has 1 N–H and O–H groups in total. The van der Waals surface area contributed by atoms with Gasteiger partial charge in [-0.25, -0.2) is 4.98 Å². The zero-order valence-electron chi connectivity index (χ0n) is 17.1. The van der Waals surface area contributed by atoms with Crippen LogP contribution in [0.4, 0.5) is 5.69 Å².